The fourth-order valence-electron chi connectivity index (χ4n) is 1.52. The highest BCUT2D eigenvalue weighted by molar-refractivity contribution is 9.10. The molecule has 0 spiro atoms. The molecule has 0 aliphatic heterocycles. The summed E-state index contributed by atoms with van der Waals surface area (Å²) in [7, 11) is 0. The van der Waals surface area contributed by atoms with Crippen molar-refractivity contribution in [3.8, 4) is 0 Å². The van der Waals surface area contributed by atoms with Crippen LogP contribution < -0.4 is 5.56 Å². The summed E-state index contributed by atoms with van der Waals surface area (Å²) >= 11 is 3.06. The Hall–Kier alpha value is -1.57. The van der Waals surface area contributed by atoms with Gasteiger partial charge in [-0.3, -0.25) is 13.9 Å². The Morgan fingerprint density at radius 2 is 2.17 bits per heavy atom. The summed E-state index contributed by atoms with van der Waals surface area (Å²) in [6.07, 6.45) is 3.83. The molecule has 2 heterocycles. The lowest BCUT2D eigenvalue weighted by atomic mass is 10.5. The largest absolute Gasteiger partial charge is 0.319 e. The molecular weight excluding hydrogens is 310 g/mol. The molecule has 0 saturated carbocycles. The fourth-order valence-corrected chi connectivity index (χ4v) is 1.84. The zero-order valence-electron chi connectivity index (χ0n) is 9.35. The third-order valence-corrected chi connectivity index (χ3v) is 3.01. The van der Waals surface area contributed by atoms with Gasteiger partial charge in [-0.15, -0.1) is 0 Å². The van der Waals surface area contributed by atoms with Gasteiger partial charge in [0.2, 0.25) is 0 Å². The summed E-state index contributed by atoms with van der Waals surface area (Å²) in [4.78, 5) is 19.7. The van der Waals surface area contributed by atoms with Crippen LogP contribution in [0.1, 0.15) is 18.2 Å². The summed E-state index contributed by atoms with van der Waals surface area (Å²) < 4.78 is 27.6. The van der Waals surface area contributed by atoms with Crippen LogP contribution >= 0.6 is 15.9 Å². The van der Waals surface area contributed by atoms with Crippen LogP contribution in [0.25, 0.3) is 0 Å². The van der Waals surface area contributed by atoms with Gasteiger partial charge < -0.3 is 0 Å². The molecule has 18 heavy (non-hydrogen) atoms. The summed E-state index contributed by atoms with van der Waals surface area (Å²) in [5, 5.41) is 0. The van der Waals surface area contributed by atoms with E-state index in [1.807, 2.05) is 0 Å². The van der Waals surface area contributed by atoms with Crippen LogP contribution in [-0.2, 0) is 6.54 Å². The minimum absolute atomic E-state index is 0.0472. The maximum absolute atomic E-state index is 12.7. The molecule has 0 fully saturated rings. The van der Waals surface area contributed by atoms with Gasteiger partial charge in [-0.05, 0) is 22.9 Å². The molecule has 0 aromatic carbocycles. The standard InChI is InChI=1S/C10H9BrF2N4O/c1-6-15-4-7(11)9(18)17(6)5-8-14-2-3-16(8)10(12)13/h2-4,10H,5H2,1H3. The van der Waals surface area contributed by atoms with Gasteiger partial charge in [0.15, 0.2) is 0 Å². The highest BCUT2D eigenvalue weighted by atomic mass is 79.9. The first-order chi connectivity index (χ1) is 8.50. The first-order valence-corrected chi connectivity index (χ1v) is 5.82. The van der Waals surface area contributed by atoms with Crippen molar-refractivity contribution in [2.24, 2.45) is 0 Å². The van der Waals surface area contributed by atoms with Gasteiger partial charge in [-0.25, -0.2) is 9.97 Å². The predicted octanol–water partition coefficient (Wildman–Crippen LogP) is 1.95. The number of alkyl halides is 2. The molecule has 0 bridgehead atoms. The highest BCUT2D eigenvalue weighted by Gasteiger charge is 2.14. The maximum Gasteiger partial charge on any atom is 0.319 e. The maximum atomic E-state index is 12.7. The van der Waals surface area contributed by atoms with Gasteiger partial charge in [0.25, 0.3) is 5.56 Å². The molecule has 2 aromatic rings. The average Bonchev–Trinajstić information content (AvgIpc) is 2.78. The van der Waals surface area contributed by atoms with Crippen LogP contribution in [0.2, 0.25) is 0 Å². The minimum atomic E-state index is -2.68. The van der Waals surface area contributed by atoms with E-state index >= 15 is 0 Å². The van der Waals surface area contributed by atoms with Crippen LogP contribution in [0.5, 0.6) is 0 Å². The zero-order chi connectivity index (χ0) is 13.3. The third kappa shape index (κ3) is 2.33. The minimum Gasteiger partial charge on any atom is -0.288 e. The van der Waals surface area contributed by atoms with Crippen molar-refractivity contribution in [1.82, 2.24) is 19.1 Å². The Balaban J connectivity index is 2.43. The van der Waals surface area contributed by atoms with E-state index in [2.05, 4.69) is 25.9 Å². The number of imidazole rings is 1. The van der Waals surface area contributed by atoms with E-state index < -0.39 is 6.55 Å². The third-order valence-electron chi connectivity index (χ3n) is 2.46. The van der Waals surface area contributed by atoms with E-state index in [-0.39, 0.29) is 22.4 Å². The number of nitrogens with zero attached hydrogens (tertiary/aromatic N) is 4. The molecule has 5 nitrogen and oxygen atoms in total. The van der Waals surface area contributed by atoms with E-state index in [0.717, 1.165) is 0 Å². The molecule has 0 N–H and O–H groups in total. The van der Waals surface area contributed by atoms with E-state index in [9.17, 15) is 13.6 Å². The van der Waals surface area contributed by atoms with Gasteiger partial charge in [-0.1, -0.05) is 0 Å². The van der Waals surface area contributed by atoms with Gasteiger partial charge >= 0.3 is 6.55 Å². The number of rotatable bonds is 3. The van der Waals surface area contributed by atoms with Crippen molar-refractivity contribution in [3.05, 3.63) is 45.1 Å². The molecule has 2 rings (SSSR count). The topological polar surface area (TPSA) is 52.7 Å². The van der Waals surface area contributed by atoms with Gasteiger partial charge in [-0.2, -0.15) is 8.78 Å². The van der Waals surface area contributed by atoms with Crippen molar-refractivity contribution in [2.45, 2.75) is 20.0 Å². The Morgan fingerprint density at radius 3 is 2.83 bits per heavy atom. The van der Waals surface area contributed by atoms with Crippen molar-refractivity contribution in [1.29, 1.82) is 0 Å². The molecule has 0 aliphatic carbocycles. The van der Waals surface area contributed by atoms with Crippen LogP contribution in [0.15, 0.2) is 27.9 Å². The van der Waals surface area contributed by atoms with Crippen molar-refractivity contribution in [3.63, 3.8) is 0 Å². The van der Waals surface area contributed by atoms with Crippen molar-refractivity contribution in [2.75, 3.05) is 0 Å². The summed E-state index contributed by atoms with van der Waals surface area (Å²) in [6, 6.07) is 0. The molecule has 0 saturated heterocycles. The quantitative estimate of drug-likeness (QED) is 0.869. The van der Waals surface area contributed by atoms with Gasteiger partial charge in [0.05, 0.1) is 6.54 Å². The van der Waals surface area contributed by atoms with E-state index in [1.165, 1.54) is 23.2 Å². The summed E-state index contributed by atoms with van der Waals surface area (Å²) in [5.41, 5.74) is -0.327. The normalized spacial score (nSPS) is 11.2. The highest BCUT2D eigenvalue weighted by Crippen LogP contribution is 2.13. The summed E-state index contributed by atoms with van der Waals surface area (Å²) in [6.45, 7) is -1.10. The lowest BCUT2D eigenvalue weighted by Gasteiger charge is -2.10. The molecule has 0 aliphatic rings. The van der Waals surface area contributed by atoms with Crippen LogP contribution in [0.4, 0.5) is 8.78 Å². The first kappa shape index (κ1) is 12.9. The summed E-state index contributed by atoms with van der Waals surface area (Å²) in [5.74, 6) is 0.544. The fraction of sp³-hybridized carbons (Fsp3) is 0.300. The Kier molecular flexibility index (Phi) is 3.55. The molecule has 0 radical (unpaired) electrons. The number of hydrogen-bond donors (Lipinski definition) is 0. The van der Waals surface area contributed by atoms with E-state index in [1.54, 1.807) is 6.92 Å². The second kappa shape index (κ2) is 4.97. The second-order valence-electron chi connectivity index (χ2n) is 3.57. The van der Waals surface area contributed by atoms with Crippen molar-refractivity contribution < 1.29 is 8.78 Å². The monoisotopic (exact) mass is 318 g/mol. The Bertz CT molecular complexity index is 623. The molecule has 0 unspecified atom stereocenters. The zero-order valence-corrected chi connectivity index (χ0v) is 10.9. The van der Waals surface area contributed by atoms with Gasteiger partial charge in [0.1, 0.15) is 16.1 Å². The average molecular weight is 319 g/mol. The van der Waals surface area contributed by atoms with Crippen LogP contribution in [-0.4, -0.2) is 19.1 Å². The SMILES string of the molecule is Cc1ncc(Br)c(=O)n1Cc1nccn1C(F)F. The number of aromatic nitrogens is 4. The number of hydrogen-bond acceptors (Lipinski definition) is 3. The number of aryl methyl sites for hydroxylation is 1. The van der Waals surface area contributed by atoms with E-state index in [0.29, 0.717) is 10.4 Å². The van der Waals surface area contributed by atoms with Gasteiger partial charge in [0, 0.05) is 18.6 Å². The molecular formula is C10H9BrF2N4O. The first-order valence-electron chi connectivity index (χ1n) is 5.02. The Labute approximate surface area is 109 Å². The molecule has 96 valence electrons. The molecule has 2 aromatic heterocycles. The lowest BCUT2D eigenvalue weighted by molar-refractivity contribution is 0.0666. The van der Waals surface area contributed by atoms with Crippen LogP contribution in [0.3, 0.4) is 0 Å². The smallest absolute Gasteiger partial charge is 0.288 e. The second-order valence-corrected chi connectivity index (χ2v) is 4.43. The predicted molar refractivity (Wildman–Crippen MR) is 63.5 cm³/mol. The number of halogens is 3. The Morgan fingerprint density at radius 1 is 1.44 bits per heavy atom. The van der Waals surface area contributed by atoms with E-state index in [4.69, 9.17) is 0 Å². The van der Waals surface area contributed by atoms with Crippen molar-refractivity contribution >= 4 is 15.9 Å². The lowest BCUT2D eigenvalue weighted by Crippen LogP contribution is -2.26. The molecule has 0 atom stereocenters. The van der Waals surface area contributed by atoms with Crippen LogP contribution in [0, 0.1) is 6.92 Å². The molecule has 0 amide bonds. The molecule has 8 heteroatoms.